The molecule has 0 bridgehead atoms. The predicted octanol–water partition coefficient (Wildman–Crippen LogP) is 4.03. The second-order valence-corrected chi connectivity index (χ2v) is 6.76. The molecule has 2 heteroatoms. The minimum absolute atomic E-state index is 0.322. The lowest BCUT2D eigenvalue weighted by Crippen LogP contribution is -2.37. The van der Waals surface area contributed by atoms with Crippen molar-refractivity contribution in [2.45, 2.75) is 49.0 Å². The van der Waals surface area contributed by atoms with Gasteiger partial charge in [-0.1, -0.05) is 13.8 Å². The van der Waals surface area contributed by atoms with Crippen LogP contribution in [0.25, 0.3) is 0 Å². The van der Waals surface area contributed by atoms with Crippen molar-refractivity contribution in [2.75, 3.05) is 11.6 Å². The van der Waals surface area contributed by atoms with Crippen molar-refractivity contribution < 1.29 is 0 Å². The first-order chi connectivity index (χ1) is 7.55. The molecular formula is C14H19NS. The van der Waals surface area contributed by atoms with Crippen LogP contribution in [0.15, 0.2) is 23.1 Å². The van der Waals surface area contributed by atoms with Crippen LogP contribution in [0.1, 0.15) is 38.7 Å². The monoisotopic (exact) mass is 233 g/mol. The van der Waals surface area contributed by atoms with Gasteiger partial charge in [0.2, 0.25) is 0 Å². The minimum atomic E-state index is 0.322. The van der Waals surface area contributed by atoms with Crippen LogP contribution in [0.5, 0.6) is 0 Å². The molecule has 0 amide bonds. The molecule has 0 saturated heterocycles. The van der Waals surface area contributed by atoms with Gasteiger partial charge < -0.3 is 5.32 Å². The molecule has 1 aliphatic heterocycles. The van der Waals surface area contributed by atoms with Gasteiger partial charge >= 0.3 is 0 Å². The van der Waals surface area contributed by atoms with E-state index in [4.69, 9.17) is 0 Å². The molecule has 1 saturated carbocycles. The Bertz CT molecular complexity index is 432. The summed E-state index contributed by atoms with van der Waals surface area (Å²) in [5, 5.41) is 3.74. The summed E-state index contributed by atoms with van der Waals surface area (Å²) in [6.45, 7) is 4.77. The number of nitrogens with one attached hydrogen (secondary N) is 1. The van der Waals surface area contributed by atoms with E-state index in [9.17, 15) is 0 Å². The third kappa shape index (κ3) is 1.55. The van der Waals surface area contributed by atoms with Gasteiger partial charge in [0.25, 0.3) is 0 Å². The summed E-state index contributed by atoms with van der Waals surface area (Å²) in [5.41, 5.74) is 3.63. The van der Waals surface area contributed by atoms with Gasteiger partial charge in [0.1, 0.15) is 0 Å². The number of benzene rings is 1. The van der Waals surface area contributed by atoms with Gasteiger partial charge in [-0.05, 0) is 54.7 Å². The summed E-state index contributed by atoms with van der Waals surface area (Å²) in [6, 6.07) is 6.86. The first-order valence-corrected chi connectivity index (χ1v) is 7.24. The number of fused-ring (bicyclic) bond motifs is 1. The van der Waals surface area contributed by atoms with Crippen LogP contribution in [0, 0.1) is 0 Å². The maximum Gasteiger partial charge on any atom is 0.0383 e. The van der Waals surface area contributed by atoms with E-state index in [1.165, 1.54) is 35.4 Å². The number of rotatable bonds is 1. The second kappa shape index (κ2) is 3.19. The zero-order chi connectivity index (χ0) is 11.4. The summed E-state index contributed by atoms with van der Waals surface area (Å²) in [7, 11) is 0. The Morgan fingerprint density at radius 2 is 2.00 bits per heavy atom. The van der Waals surface area contributed by atoms with Gasteiger partial charge in [-0.2, -0.15) is 0 Å². The lowest BCUT2D eigenvalue weighted by molar-refractivity contribution is 0.410. The summed E-state index contributed by atoms with van der Waals surface area (Å²) >= 11 is 1.83. The van der Waals surface area contributed by atoms with Crippen molar-refractivity contribution in [3.63, 3.8) is 0 Å². The highest BCUT2D eigenvalue weighted by Gasteiger charge is 2.50. The molecule has 1 aromatic rings. The SMILES string of the molecule is CSc1ccc2c(c1)C(C)(C)CC1(CC1)N2. The van der Waals surface area contributed by atoms with E-state index in [1.807, 2.05) is 11.8 Å². The Morgan fingerprint density at radius 1 is 1.25 bits per heavy atom. The zero-order valence-corrected chi connectivity index (χ0v) is 11.1. The molecule has 1 fully saturated rings. The van der Waals surface area contributed by atoms with E-state index in [-0.39, 0.29) is 0 Å². The van der Waals surface area contributed by atoms with Crippen molar-refractivity contribution in [3.8, 4) is 0 Å². The molecule has 0 radical (unpaired) electrons. The largest absolute Gasteiger partial charge is 0.379 e. The van der Waals surface area contributed by atoms with Gasteiger partial charge in [-0.15, -0.1) is 11.8 Å². The van der Waals surface area contributed by atoms with Gasteiger partial charge in [0.15, 0.2) is 0 Å². The van der Waals surface area contributed by atoms with Crippen LogP contribution in [0.4, 0.5) is 5.69 Å². The normalized spacial score (nSPS) is 23.7. The molecule has 1 heterocycles. The van der Waals surface area contributed by atoms with Crippen molar-refractivity contribution in [2.24, 2.45) is 0 Å². The van der Waals surface area contributed by atoms with Crippen molar-refractivity contribution in [3.05, 3.63) is 23.8 Å². The molecule has 1 spiro atoms. The predicted molar refractivity (Wildman–Crippen MR) is 71.5 cm³/mol. The van der Waals surface area contributed by atoms with Crippen LogP contribution in [-0.4, -0.2) is 11.8 Å². The lowest BCUT2D eigenvalue weighted by Gasteiger charge is -2.39. The topological polar surface area (TPSA) is 12.0 Å². The molecule has 16 heavy (non-hydrogen) atoms. The average molecular weight is 233 g/mol. The average Bonchev–Trinajstić information content (AvgIpc) is 2.96. The molecular weight excluding hydrogens is 214 g/mol. The van der Waals surface area contributed by atoms with Crippen molar-refractivity contribution in [1.82, 2.24) is 0 Å². The quantitative estimate of drug-likeness (QED) is 0.735. The second-order valence-electron chi connectivity index (χ2n) is 5.88. The van der Waals surface area contributed by atoms with Gasteiger partial charge in [0, 0.05) is 16.1 Å². The Hall–Kier alpha value is -0.630. The molecule has 1 aliphatic carbocycles. The molecule has 1 aromatic carbocycles. The molecule has 0 atom stereocenters. The number of thioether (sulfide) groups is 1. The highest BCUT2D eigenvalue weighted by molar-refractivity contribution is 7.98. The van der Waals surface area contributed by atoms with Crippen LogP contribution in [-0.2, 0) is 5.41 Å². The Balaban J connectivity index is 2.08. The molecule has 1 N–H and O–H groups in total. The van der Waals surface area contributed by atoms with Crippen LogP contribution < -0.4 is 5.32 Å². The van der Waals surface area contributed by atoms with Gasteiger partial charge in [-0.3, -0.25) is 0 Å². The fourth-order valence-corrected chi connectivity index (χ4v) is 3.48. The molecule has 0 unspecified atom stereocenters. The molecule has 86 valence electrons. The van der Waals surface area contributed by atoms with Crippen LogP contribution in [0.3, 0.4) is 0 Å². The first-order valence-electron chi connectivity index (χ1n) is 6.01. The van der Waals surface area contributed by atoms with E-state index in [0.29, 0.717) is 11.0 Å². The van der Waals surface area contributed by atoms with E-state index in [1.54, 1.807) is 0 Å². The van der Waals surface area contributed by atoms with Crippen molar-refractivity contribution in [1.29, 1.82) is 0 Å². The van der Waals surface area contributed by atoms with Gasteiger partial charge in [-0.25, -0.2) is 0 Å². The van der Waals surface area contributed by atoms with Crippen molar-refractivity contribution >= 4 is 17.4 Å². The standard InChI is InChI=1S/C14H19NS/c1-13(2)9-14(6-7-14)15-12-5-4-10(16-3)8-11(12)13/h4-5,8,15H,6-7,9H2,1-3H3. The fraction of sp³-hybridized carbons (Fsp3) is 0.571. The highest BCUT2D eigenvalue weighted by Crippen LogP contribution is 2.53. The maximum atomic E-state index is 3.74. The van der Waals surface area contributed by atoms with E-state index in [0.717, 1.165) is 0 Å². The van der Waals surface area contributed by atoms with E-state index in [2.05, 4.69) is 43.6 Å². The highest BCUT2D eigenvalue weighted by atomic mass is 32.2. The third-order valence-electron chi connectivity index (χ3n) is 3.99. The maximum absolute atomic E-state index is 3.74. The fourth-order valence-electron chi connectivity index (χ4n) is 3.04. The van der Waals surface area contributed by atoms with Crippen LogP contribution in [0.2, 0.25) is 0 Å². The van der Waals surface area contributed by atoms with Gasteiger partial charge in [0.05, 0.1) is 0 Å². The Morgan fingerprint density at radius 3 is 2.62 bits per heavy atom. The number of hydrogen-bond acceptors (Lipinski definition) is 2. The summed E-state index contributed by atoms with van der Waals surface area (Å²) < 4.78 is 0. The van der Waals surface area contributed by atoms with E-state index >= 15 is 0 Å². The summed E-state index contributed by atoms with van der Waals surface area (Å²) in [6.07, 6.45) is 6.12. The number of anilines is 1. The lowest BCUT2D eigenvalue weighted by atomic mass is 9.74. The molecule has 2 aliphatic rings. The smallest absolute Gasteiger partial charge is 0.0383 e. The minimum Gasteiger partial charge on any atom is -0.379 e. The number of hydrogen-bond donors (Lipinski definition) is 1. The molecule has 3 rings (SSSR count). The Labute approximate surface area is 102 Å². The van der Waals surface area contributed by atoms with Crippen LogP contribution >= 0.6 is 11.8 Å². The van der Waals surface area contributed by atoms with E-state index < -0.39 is 0 Å². The summed E-state index contributed by atoms with van der Waals surface area (Å²) in [4.78, 5) is 1.38. The summed E-state index contributed by atoms with van der Waals surface area (Å²) in [5.74, 6) is 0. The first kappa shape index (κ1) is 10.5. The molecule has 1 nitrogen and oxygen atoms in total. The zero-order valence-electron chi connectivity index (χ0n) is 10.3. The molecule has 0 aromatic heterocycles. The third-order valence-corrected chi connectivity index (χ3v) is 4.71. The Kier molecular flexibility index (Phi) is 2.10.